The molecule has 1 aromatic rings. The Morgan fingerprint density at radius 3 is 2.82 bits per heavy atom. The molecule has 94 valence electrons. The molecular weight excluding hydrogens is 236 g/mol. The van der Waals surface area contributed by atoms with E-state index in [-0.39, 0.29) is 0 Å². The molecule has 4 nitrogen and oxygen atoms in total. The van der Waals surface area contributed by atoms with Crippen LogP contribution in [-0.4, -0.2) is 22.1 Å². The monoisotopic (exact) mass is 254 g/mol. The molecule has 2 rings (SSSR count). The summed E-state index contributed by atoms with van der Waals surface area (Å²) in [5.41, 5.74) is 6.69. The molecule has 0 saturated heterocycles. The Bertz CT molecular complexity index is 403. The maximum atomic E-state index is 10.7. The van der Waals surface area contributed by atoms with Crippen molar-refractivity contribution in [3.63, 3.8) is 0 Å². The van der Waals surface area contributed by atoms with Crippen molar-refractivity contribution in [1.82, 2.24) is 4.98 Å². The summed E-state index contributed by atoms with van der Waals surface area (Å²) in [7, 11) is 0. The van der Waals surface area contributed by atoms with E-state index in [1.54, 1.807) is 11.3 Å². The molecule has 5 heteroatoms. The number of nitrogens with zero attached hydrogens (tertiary/aromatic N) is 1. The van der Waals surface area contributed by atoms with Crippen LogP contribution in [0, 0.1) is 11.8 Å². The number of rotatable bonds is 3. The SMILES string of the molecule is CC1Cc2nc(C[C@@H](N)C(=O)O)sc2CC1C. The lowest BCUT2D eigenvalue weighted by Gasteiger charge is -2.24. The van der Waals surface area contributed by atoms with Crippen molar-refractivity contribution in [1.29, 1.82) is 0 Å². The first-order chi connectivity index (χ1) is 7.97. The summed E-state index contributed by atoms with van der Waals surface area (Å²) in [6.07, 6.45) is 2.42. The summed E-state index contributed by atoms with van der Waals surface area (Å²) >= 11 is 1.63. The third kappa shape index (κ3) is 2.66. The number of aromatic nitrogens is 1. The van der Waals surface area contributed by atoms with Crippen molar-refractivity contribution in [2.75, 3.05) is 0 Å². The Morgan fingerprint density at radius 2 is 2.18 bits per heavy atom. The van der Waals surface area contributed by atoms with E-state index >= 15 is 0 Å². The van der Waals surface area contributed by atoms with Gasteiger partial charge in [0.2, 0.25) is 0 Å². The van der Waals surface area contributed by atoms with Crippen LogP contribution in [0.3, 0.4) is 0 Å². The van der Waals surface area contributed by atoms with Crippen LogP contribution in [0.15, 0.2) is 0 Å². The normalized spacial score (nSPS) is 25.4. The second-order valence-corrected chi connectivity index (χ2v) is 6.16. The van der Waals surface area contributed by atoms with Crippen LogP contribution < -0.4 is 5.73 Å². The quantitative estimate of drug-likeness (QED) is 0.856. The molecule has 0 amide bonds. The van der Waals surface area contributed by atoms with Crippen LogP contribution in [0.1, 0.15) is 29.4 Å². The minimum absolute atomic E-state index is 0.343. The van der Waals surface area contributed by atoms with Gasteiger partial charge in [-0.05, 0) is 24.7 Å². The lowest BCUT2D eigenvalue weighted by atomic mass is 9.83. The molecular formula is C12H18N2O2S. The van der Waals surface area contributed by atoms with Crippen molar-refractivity contribution in [2.24, 2.45) is 17.6 Å². The highest BCUT2D eigenvalue weighted by Gasteiger charge is 2.26. The summed E-state index contributed by atoms with van der Waals surface area (Å²) in [6.45, 7) is 4.51. The van der Waals surface area contributed by atoms with Crippen LogP contribution in [0.2, 0.25) is 0 Å². The zero-order valence-electron chi connectivity index (χ0n) is 10.1. The standard InChI is InChI=1S/C12H18N2O2S/c1-6-3-9-10(4-7(6)2)17-11(14-9)5-8(13)12(15)16/h6-8H,3-5,13H2,1-2H3,(H,15,16)/t6?,7?,8-/m1/s1. The van der Waals surface area contributed by atoms with E-state index in [9.17, 15) is 4.79 Å². The van der Waals surface area contributed by atoms with Gasteiger partial charge >= 0.3 is 5.97 Å². The van der Waals surface area contributed by atoms with Gasteiger partial charge in [-0.25, -0.2) is 4.98 Å². The van der Waals surface area contributed by atoms with Gasteiger partial charge in [0.25, 0.3) is 0 Å². The van der Waals surface area contributed by atoms with Crippen molar-refractivity contribution < 1.29 is 9.90 Å². The molecule has 1 aliphatic rings. The zero-order chi connectivity index (χ0) is 12.6. The van der Waals surface area contributed by atoms with Gasteiger partial charge in [0.05, 0.1) is 10.7 Å². The number of carbonyl (C=O) groups is 1. The lowest BCUT2D eigenvalue weighted by molar-refractivity contribution is -0.138. The molecule has 2 unspecified atom stereocenters. The molecule has 0 radical (unpaired) electrons. The van der Waals surface area contributed by atoms with Gasteiger partial charge in [0.15, 0.2) is 0 Å². The van der Waals surface area contributed by atoms with Crippen LogP contribution in [0.25, 0.3) is 0 Å². The highest BCUT2D eigenvalue weighted by atomic mass is 32.1. The number of thiazole rings is 1. The van der Waals surface area contributed by atoms with E-state index < -0.39 is 12.0 Å². The van der Waals surface area contributed by atoms with Crippen molar-refractivity contribution in [3.8, 4) is 0 Å². The number of hydrogen-bond acceptors (Lipinski definition) is 4. The van der Waals surface area contributed by atoms with Gasteiger partial charge in [-0.15, -0.1) is 11.3 Å². The predicted molar refractivity (Wildman–Crippen MR) is 67.2 cm³/mol. The van der Waals surface area contributed by atoms with Gasteiger partial charge in [-0.3, -0.25) is 4.79 Å². The molecule has 1 heterocycles. The molecule has 0 spiro atoms. The second-order valence-electron chi connectivity index (χ2n) is 4.99. The maximum absolute atomic E-state index is 10.7. The van der Waals surface area contributed by atoms with Gasteiger partial charge in [-0.2, -0.15) is 0 Å². The Kier molecular flexibility index (Phi) is 3.49. The van der Waals surface area contributed by atoms with E-state index in [0.29, 0.717) is 18.3 Å². The van der Waals surface area contributed by atoms with Crippen LogP contribution in [0.5, 0.6) is 0 Å². The van der Waals surface area contributed by atoms with Crippen LogP contribution >= 0.6 is 11.3 Å². The number of nitrogens with two attached hydrogens (primary N) is 1. The average molecular weight is 254 g/mol. The van der Waals surface area contributed by atoms with Crippen molar-refractivity contribution >= 4 is 17.3 Å². The predicted octanol–water partition coefficient (Wildman–Crippen LogP) is 1.47. The van der Waals surface area contributed by atoms with E-state index in [2.05, 4.69) is 18.8 Å². The Morgan fingerprint density at radius 1 is 1.53 bits per heavy atom. The molecule has 0 aromatic carbocycles. The van der Waals surface area contributed by atoms with Gasteiger partial charge in [-0.1, -0.05) is 13.8 Å². The third-order valence-electron chi connectivity index (χ3n) is 3.53. The number of aliphatic carboxylic acids is 1. The molecule has 0 saturated carbocycles. The third-order valence-corrected chi connectivity index (χ3v) is 4.67. The topological polar surface area (TPSA) is 76.2 Å². The second kappa shape index (κ2) is 4.74. The maximum Gasteiger partial charge on any atom is 0.320 e. The van der Waals surface area contributed by atoms with Gasteiger partial charge in [0.1, 0.15) is 6.04 Å². The van der Waals surface area contributed by atoms with E-state index in [1.165, 1.54) is 4.88 Å². The Labute approximate surface area is 105 Å². The summed E-state index contributed by atoms with van der Waals surface area (Å²) in [5, 5.41) is 9.65. The fourth-order valence-corrected chi connectivity index (χ4v) is 3.41. The lowest BCUT2D eigenvalue weighted by Crippen LogP contribution is -2.32. The molecule has 3 atom stereocenters. The highest BCUT2D eigenvalue weighted by Crippen LogP contribution is 2.33. The van der Waals surface area contributed by atoms with E-state index in [4.69, 9.17) is 10.8 Å². The van der Waals surface area contributed by atoms with E-state index in [0.717, 1.165) is 23.5 Å². The van der Waals surface area contributed by atoms with E-state index in [1.807, 2.05) is 0 Å². The first-order valence-corrected chi connectivity index (χ1v) is 6.75. The molecule has 0 aliphatic heterocycles. The summed E-state index contributed by atoms with van der Waals surface area (Å²) < 4.78 is 0. The van der Waals surface area contributed by atoms with Crippen LogP contribution in [0.4, 0.5) is 0 Å². The minimum atomic E-state index is -0.958. The molecule has 0 fully saturated rings. The molecule has 17 heavy (non-hydrogen) atoms. The van der Waals surface area contributed by atoms with Crippen molar-refractivity contribution in [2.45, 2.75) is 39.2 Å². The molecule has 0 bridgehead atoms. The summed E-state index contributed by atoms with van der Waals surface area (Å²) in [4.78, 5) is 16.6. The Hall–Kier alpha value is -0.940. The average Bonchev–Trinajstić information content (AvgIpc) is 2.60. The smallest absolute Gasteiger partial charge is 0.320 e. The van der Waals surface area contributed by atoms with Gasteiger partial charge < -0.3 is 10.8 Å². The fourth-order valence-electron chi connectivity index (χ4n) is 2.12. The minimum Gasteiger partial charge on any atom is -0.480 e. The molecule has 1 aliphatic carbocycles. The fraction of sp³-hybridized carbons (Fsp3) is 0.667. The summed E-state index contributed by atoms with van der Waals surface area (Å²) in [5.74, 6) is 0.384. The Balaban J connectivity index is 2.13. The number of fused-ring (bicyclic) bond motifs is 1. The molecule has 3 N–H and O–H groups in total. The van der Waals surface area contributed by atoms with Gasteiger partial charge in [0, 0.05) is 11.3 Å². The molecule has 1 aromatic heterocycles. The number of hydrogen-bond donors (Lipinski definition) is 2. The first kappa shape index (κ1) is 12.5. The largest absolute Gasteiger partial charge is 0.480 e. The number of carboxylic acids is 1. The highest BCUT2D eigenvalue weighted by molar-refractivity contribution is 7.11. The number of carboxylic acid groups (broad SMARTS) is 1. The van der Waals surface area contributed by atoms with Crippen LogP contribution in [-0.2, 0) is 24.1 Å². The summed E-state index contributed by atoms with van der Waals surface area (Å²) in [6, 6.07) is -0.836. The zero-order valence-corrected chi connectivity index (χ0v) is 11.0. The first-order valence-electron chi connectivity index (χ1n) is 5.93. The van der Waals surface area contributed by atoms with Crippen molar-refractivity contribution in [3.05, 3.63) is 15.6 Å².